The molecule has 0 aliphatic heterocycles. The molecule has 1 aromatic carbocycles. The van der Waals surface area contributed by atoms with Crippen molar-refractivity contribution in [2.75, 3.05) is 11.3 Å². The molecule has 0 bridgehead atoms. The fourth-order valence-corrected chi connectivity index (χ4v) is 2.85. The Morgan fingerprint density at radius 1 is 1.38 bits per heavy atom. The molecule has 1 aromatic rings. The van der Waals surface area contributed by atoms with Crippen LogP contribution in [0.4, 0.5) is 5.69 Å². The second-order valence-corrected chi connectivity index (χ2v) is 5.74. The SMILES string of the molecule is CCOc1ccccc1NS(=O)(=O)C1CC1. The van der Waals surface area contributed by atoms with Gasteiger partial charge in [-0.15, -0.1) is 0 Å². The monoisotopic (exact) mass is 241 g/mol. The van der Waals surface area contributed by atoms with Gasteiger partial charge >= 0.3 is 0 Å². The maximum Gasteiger partial charge on any atom is 0.235 e. The highest BCUT2D eigenvalue weighted by molar-refractivity contribution is 7.93. The number of nitrogens with one attached hydrogen (secondary N) is 1. The number of benzene rings is 1. The quantitative estimate of drug-likeness (QED) is 0.857. The van der Waals surface area contributed by atoms with Crippen molar-refractivity contribution in [2.45, 2.75) is 25.0 Å². The molecule has 0 unspecified atom stereocenters. The highest BCUT2D eigenvalue weighted by Gasteiger charge is 2.36. The summed E-state index contributed by atoms with van der Waals surface area (Å²) in [5.41, 5.74) is 0.524. The summed E-state index contributed by atoms with van der Waals surface area (Å²) >= 11 is 0. The number of hydrogen-bond acceptors (Lipinski definition) is 3. The third kappa shape index (κ3) is 2.47. The number of sulfonamides is 1. The van der Waals surface area contributed by atoms with E-state index in [2.05, 4.69) is 4.72 Å². The highest BCUT2D eigenvalue weighted by atomic mass is 32.2. The summed E-state index contributed by atoms with van der Waals surface area (Å²) in [5, 5.41) is -0.220. The molecule has 2 rings (SSSR count). The Morgan fingerprint density at radius 3 is 2.69 bits per heavy atom. The molecule has 1 aliphatic rings. The average molecular weight is 241 g/mol. The van der Waals surface area contributed by atoms with Crippen molar-refractivity contribution < 1.29 is 13.2 Å². The Kier molecular flexibility index (Phi) is 3.05. The molecule has 0 amide bonds. The lowest BCUT2D eigenvalue weighted by molar-refractivity contribution is 0.342. The largest absolute Gasteiger partial charge is 0.492 e. The van der Waals surface area contributed by atoms with Gasteiger partial charge in [-0.05, 0) is 31.9 Å². The maximum atomic E-state index is 11.8. The Hall–Kier alpha value is -1.23. The summed E-state index contributed by atoms with van der Waals surface area (Å²) in [7, 11) is -3.21. The lowest BCUT2D eigenvalue weighted by Crippen LogP contribution is -2.17. The second-order valence-electron chi connectivity index (χ2n) is 3.78. The van der Waals surface area contributed by atoms with Crippen molar-refractivity contribution in [3.8, 4) is 5.75 Å². The minimum atomic E-state index is -3.21. The van der Waals surface area contributed by atoms with Gasteiger partial charge in [0.25, 0.3) is 0 Å². The Morgan fingerprint density at radius 2 is 2.06 bits per heavy atom. The Balaban J connectivity index is 2.20. The van der Waals surface area contributed by atoms with Gasteiger partial charge in [-0.1, -0.05) is 12.1 Å². The zero-order chi connectivity index (χ0) is 11.6. The standard InChI is InChI=1S/C11H15NO3S/c1-2-15-11-6-4-3-5-10(11)12-16(13,14)9-7-8-9/h3-6,9,12H,2,7-8H2,1H3. The predicted octanol–water partition coefficient (Wildman–Crippen LogP) is 1.99. The van der Waals surface area contributed by atoms with E-state index >= 15 is 0 Å². The van der Waals surface area contributed by atoms with E-state index in [9.17, 15) is 8.42 Å². The summed E-state index contributed by atoms with van der Waals surface area (Å²) in [5.74, 6) is 0.578. The van der Waals surface area contributed by atoms with Crippen molar-refractivity contribution >= 4 is 15.7 Å². The van der Waals surface area contributed by atoms with Crippen molar-refractivity contribution in [3.63, 3.8) is 0 Å². The summed E-state index contributed by atoms with van der Waals surface area (Å²) in [6, 6.07) is 7.08. The van der Waals surface area contributed by atoms with Gasteiger partial charge in [-0.3, -0.25) is 4.72 Å². The van der Waals surface area contributed by atoms with Crippen LogP contribution in [-0.2, 0) is 10.0 Å². The zero-order valence-electron chi connectivity index (χ0n) is 9.14. The zero-order valence-corrected chi connectivity index (χ0v) is 9.96. The first-order valence-electron chi connectivity index (χ1n) is 5.37. The van der Waals surface area contributed by atoms with Gasteiger partial charge in [0.1, 0.15) is 5.75 Å². The minimum absolute atomic E-state index is 0.220. The van der Waals surface area contributed by atoms with E-state index < -0.39 is 10.0 Å². The van der Waals surface area contributed by atoms with Crippen LogP contribution in [0.3, 0.4) is 0 Å². The van der Waals surface area contributed by atoms with Crippen LogP contribution in [0.15, 0.2) is 24.3 Å². The molecule has 16 heavy (non-hydrogen) atoms. The summed E-state index contributed by atoms with van der Waals surface area (Å²) < 4.78 is 31.4. The molecule has 0 aromatic heterocycles. The molecule has 0 radical (unpaired) electrons. The molecule has 88 valence electrons. The third-order valence-corrected chi connectivity index (χ3v) is 4.26. The Labute approximate surface area is 95.7 Å². The second kappa shape index (κ2) is 4.33. The van der Waals surface area contributed by atoms with Crippen LogP contribution < -0.4 is 9.46 Å². The van der Waals surface area contributed by atoms with Crippen molar-refractivity contribution in [1.82, 2.24) is 0 Å². The van der Waals surface area contributed by atoms with E-state index in [-0.39, 0.29) is 5.25 Å². The van der Waals surface area contributed by atoms with Gasteiger partial charge in [-0.25, -0.2) is 8.42 Å². The lowest BCUT2D eigenvalue weighted by Gasteiger charge is -2.11. The smallest absolute Gasteiger partial charge is 0.235 e. The van der Waals surface area contributed by atoms with Crippen LogP contribution in [0.5, 0.6) is 5.75 Å². The molecular weight excluding hydrogens is 226 g/mol. The fourth-order valence-electron chi connectivity index (χ4n) is 1.45. The van der Waals surface area contributed by atoms with Crippen LogP contribution in [0.2, 0.25) is 0 Å². The van der Waals surface area contributed by atoms with E-state index in [0.717, 1.165) is 12.8 Å². The first kappa shape index (κ1) is 11.3. The van der Waals surface area contributed by atoms with Crippen LogP contribution in [-0.4, -0.2) is 20.3 Å². The van der Waals surface area contributed by atoms with Gasteiger partial charge < -0.3 is 4.74 Å². The maximum absolute atomic E-state index is 11.8. The topological polar surface area (TPSA) is 55.4 Å². The molecule has 0 saturated heterocycles. The molecule has 1 N–H and O–H groups in total. The molecule has 0 heterocycles. The van der Waals surface area contributed by atoms with Crippen LogP contribution >= 0.6 is 0 Å². The summed E-state index contributed by atoms with van der Waals surface area (Å²) in [6.45, 7) is 2.38. The van der Waals surface area contributed by atoms with Crippen LogP contribution in [0, 0.1) is 0 Å². The molecule has 0 spiro atoms. The molecule has 5 heteroatoms. The van der Waals surface area contributed by atoms with Gasteiger partial charge in [0.05, 0.1) is 17.5 Å². The molecule has 1 saturated carbocycles. The lowest BCUT2D eigenvalue weighted by atomic mass is 10.3. The van der Waals surface area contributed by atoms with E-state index in [0.29, 0.717) is 18.0 Å². The summed E-state index contributed by atoms with van der Waals surface area (Å²) in [6.07, 6.45) is 1.51. The normalized spacial score (nSPS) is 15.8. The molecule has 0 atom stereocenters. The minimum Gasteiger partial charge on any atom is -0.492 e. The predicted molar refractivity (Wildman–Crippen MR) is 63.2 cm³/mol. The van der Waals surface area contributed by atoms with Crippen LogP contribution in [0.1, 0.15) is 19.8 Å². The van der Waals surface area contributed by atoms with E-state index in [1.54, 1.807) is 18.2 Å². The Bertz CT molecular complexity index is 466. The van der Waals surface area contributed by atoms with Crippen molar-refractivity contribution in [1.29, 1.82) is 0 Å². The van der Waals surface area contributed by atoms with Gasteiger partial charge in [0.2, 0.25) is 10.0 Å². The number of hydrogen-bond donors (Lipinski definition) is 1. The first-order valence-corrected chi connectivity index (χ1v) is 6.91. The van der Waals surface area contributed by atoms with E-state index in [1.807, 2.05) is 13.0 Å². The van der Waals surface area contributed by atoms with Crippen LogP contribution in [0.25, 0.3) is 0 Å². The number of rotatable bonds is 5. The van der Waals surface area contributed by atoms with E-state index in [1.165, 1.54) is 0 Å². The van der Waals surface area contributed by atoms with Gasteiger partial charge in [0, 0.05) is 0 Å². The molecule has 4 nitrogen and oxygen atoms in total. The van der Waals surface area contributed by atoms with Crippen molar-refractivity contribution in [3.05, 3.63) is 24.3 Å². The average Bonchev–Trinajstić information content (AvgIpc) is 3.04. The van der Waals surface area contributed by atoms with Crippen molar-refractivity contribution in [2.24, 2.45) is 0 Å². The number of ether oxygens (including phenoxy) is 1. The molecule has 1 aliphatic carbocycles. The van der Waals surface area contributed by atoms with E-state index in [4.69, 9.17) is 4.74 Å². The fraction of sp³-hybridized carbons (Fsp3) is 0.455. The highest BCUT2D eigenvalue weighted by Crippen LogP contribution is 2.32. The molecule has 1 fully saturated rings. The third-order valence-electron chi connectivity index (χ3n) is 2.40. The van der Waals surface area contributed by atoms with Gasteiger partial charge in [0.15, 0.2) is 0 Å². The first-order chi connectivity index (χ1) is 7.63. The molecular formula is C11H15NO3S. The summed E-state index contributed by atoms with van der Waals surface area (Å²) in [4.78, 5) is 0. The van der Waals surface area contributed by atoms with Gasteiger partial charge in [-0.2, -0.15) is 0 Å². The number of anilines is 1. The number of para-hydroxylation sites is 2.